The van der Waals surface area contributed by atoms with Crippen LogP contribution in [0.5, 0.6) is 5.75 Å². The second kappa shape index (κ2) is 15.7. The Morgan fingerprint density at radius 3 is 2.31 bits per heavy atom. The highest BCUT2D eigenvalue weighted by atomic mass is 32.2. The molecule has 3 aromatic carbocycles. The lowest BCUT2D eigenvalue weighted by Gasteiger charge is -2.33. The lowest BCUT2D eigenvalue weighted by Crippen LogP contribution is -2.52. The molecule has 1 atom stereocenters. The maximum atomic E-state index is 14.2. The van der Waals surface area contributed by atoms with Crippen molar-refractivity contribution in [2.45, 2.75) is 62.9 Å². The van der Waals surface area contributed by atoms with Gasteiger partial charge in [-0.25, -0.2) is 8.42 Å². The topological polar surface area (TPSA) is 96.0 Å². The van der Waals surface area contributed by atoms with Gasteiger partial charge in [0, 0.05) is 18.0 Å². The molecule has 0 aliphatic heterocycles. The second-order valence-electron chi connectivity index (χ2n) is 9.81. The first-order valence-corrected chi connectivity index (χ1v) is 16.8. The zero-order valence-corrected chi connectivity index (χ0v) is 26.6. The summed E-state index contributed by atoms with van der Waals surface area (Å²) < 4.78 is 35.2. The Kier molecular flexibility index (Phi) is 12.3. The van der Waals surface area contributed by atoms with Crippen LogP contribution in [0.4, 0.5) is 5.69 Å². The summed E-state index contributed by atoms with van der Waals surface area (Å²) in [5.74, 6) is -0.419. The zero-order chi connectivity index (χ0) is 30.7. The van der Waals surface area contributed by atoms with Crippen molar-refractivity contribution in [1.29, 1.82) is 0 Å². The molecule has 0 unspecified atom stereocenters. The highest BCUT2D eigenvalue weighted by Gasteiger charge is 2.34. The zero-order valence-electron chi connectivity index (χ0n) is 25.0. The minimum atomic E-state index is -4.20. The maximum Gasteiger partial charge on any atom is 0.264 e. The minimum Gasteiger partial charge on any atom is -0.492 e. The van der Waals surface area contributed by atoms with Gasteiger partial charge in [-0.1, -0.05) is 55.8 Å². The number of rotatable bonds is 15. The number of nitrogens with zero attached hydrogens (tertiary/aromatic N) is 2. The molecule has 0 saturated heterocycles. The lowest BCUT2D eigenvalue weighted by atomic mass is 10.1. The quantitative estimate of drug-likeness (QED) is 0.223. The molecule has 0 aliphatic rings. The van der Waals surface area contributed by atoms with Crippen LogP contribution in [0, 0.1) is 6.92 Å². The Balaban J connectivity index is 2.11. The summed E-state index contributed by atoms with van der Waals surface area (Å²) in [6.07, 6.45) is 3.03. The van der Waals surface area contributed by atoms with Gasteiger partial charge >= 0.3 is 0 Å². The normalized spacial score (nSPS) is 11.9. The molecule has 2 amide bonds. The fraction of sp³-hybridized carbons (Fsp3) is 0.375. The van der Waals surface area contributed by atoms with Crippen LogP contribution in [0.1, 0.15) is 44.7 Å². The van der Waals surface area contributed by atoms with Crippen molar-refractivity contribution >= 4 is 39.3 Å². The molecule has 3 rings (SSSR count). The number of carbonyl (C=O) groups is 2. The summed E-state index contributed by atoms with van der Waals surface area (Å²) in [6, 6.07) is 20.3. The van der Waals surface area contributed by atoms with E-state index in [0.29, 0.717) is 25.3 Å². The first-order valence-electron chi connectivity index (χ1n) is 14.2. The average Bonchev–Trinajstić information content (AvgIpc) is 2.99. The molecule has 1 N–H and O–H groups in total. The Hall–Kier alpha value is -3.50. The number of carbonyl (C=O) groups excluding carboxylic acids is 2. The fourth-order valence-electron chi connectivity index (χ4n) is 4.62. The SMILES string of the molecule is CCCNC(=O)[C@@H](CC)N(Cc1cccc(C)c1)C(=O)CN(c1ccccc1OCC)S(=O)(=O)c1ccc(SC)cc1. The Labute approximate surface area is 254 Å². The predicted molar refractivity (Wildman–Crippen MR) is 169 cm³/mol. The third-order valence-electron chi connectivity index (χ3n) is 6.73. The van der Waals surface area contributed by atoms with Crippen molar-refractivity contribution in [3.8, 4) is 5.75 Å². The summed E-state index contributed by atoms with van der Waals surface area (Å²) >= 11 is 1.51. The molecule has 0 aromatic heterocycles. The van der Waals surface area contributed by atoms with Gasteiger partial charge in [0.25, 0.3) is 10.0 Å². The monoisotopic (exact) mass is 611 g/mol. The number of aryl methyl sites for hydroxylation is 1. The molecule has 8 nitrogen and oxygen atoms in total. The van der Waals surface area contributed by atoms with Gasteiger partial charge in [0.05, 0.1) is 17.2 Å². The second-order valence-corrected chi connectivity index (χ2v) is 12.6. The summed E-state index contributed by atoms with van der Waals surface area (Å²) in [5.41, 5.74) is 2.12. The lowest BCUT2D eigenvalue weighted by molar-refractivity contribution is -0.140. The highest BCUT2D eigenvalue weighted by molar-refractivity contribution is 7.98. The number of para-hydroxylation sites is 2. The van der Waals surface area contributed by atoms with Crippen LogP contribution < -0.4 is 14.4 Å². The predicted octanol–water partition coefficient (Wildman–Crippen LogP) is 5.64. The van der Waals surface area contributed by atoms with Gasteiger partial charge in [-0.05, 0) is 74.9 Å². The third-order valence-corrected chi connectivity index (χ3v) is 9.25. The van der Waals surface area contributed by atoms with E-state index in [1.54, 1.807) is 48.5 Å². The minimum absolute atomic E-state index is 0.0531. The first kappa shape index (κ1) is 33.0. The van der Waals surface area contributed by atoms with Gasteiger partial charge in [-0.2, -0.15) is 0 Å². The molecule has 10 heteroatoms. The molecule has 0 saturated carbocycles. The van der Waals surface area contributed by atoms with Gasteiger partial charge < -0.3 is 15.0 Å². The number of hydrogen-bond donors (Lipinski definition) is 1. The fourth-order valence-corrected chi connectivity index (χ4v) is 6.45. The van der Waals surface area contributed by atoms with E-state index >= 15 is 0 Å². The van der Waals surface area contributed by atoms with Crippen LogP contribution in [0.15, 0.2) is 82.6 Å². The molecule has 3 aromatic rings. The molecule has 226 valence electrons. The number of nitrogens with one attached hydrogen (secondary N) is 1. The number of hydrogen-bond acceptors (Lipinski definition) is 6. The third kappa shape index (κ3) is 8.29. The molecule has 0 fully saturated rings. The van der Waals surface area contributed by atoms with Crippen LogP contribution >= 0.6 is 11.8 Å². The van der Waals surface area contributed by atoms with E-state index in [0.717, 1.165) is 26.7 Å². The van der Waals surface area contributed by atoms with Crippen LogP contribution in [0.3, 0.4) is 0 Å². The molecule has 0 heterocycles. The van der Waals surface area contributed by atoms with Gasteiger partial charge in [-0.15, -0.1) is 11.8 Å². The summed E-state index contributed by atoms with van der Waals surface area (Å²) in [4.78, 5) is 29.9. The molecule has 0 aliphatic carbocycles. The number of anilines is 1. The molecule has 0 spiro atoms. The van der Waals surface area contributed by atoms with E-state index in [1.165, 1.54) is 16.7 Å². The highest BCUT2D eigenvalue weighted by Crippen LogP contribution is 2.33. The summed E-state index contributed by atoms with van der Waals surface area (Å²) in [7, 11) is -4.20. The van der Waals surface area contributed by atoms with Crippen molar-refractivity contribution in [1.82, 2.24) is 10.2 Å². The summed E-state index contributed by atoms with van der Waals surface area (Å²) in [5, 5.41) is 2.91. The molecular formula is C32H41N3O5S2. The first-order chi connectivity index (χ1) is 20.2. The van der Waals surface area contributed by atoms with Gasteiger partial charge in [0.2, 0.25) is 11.8 Å². The molecule has 0 radical (unpaired) electrons. The van der Waals surface area contributed by atoms with E-state index in [2.05, 4.69) is 5.32 Å². The summed E-state index contributed by atoms with van der Waals surface area (Å²) in [6.45, 7) is 8.02. The van der Waals surface area contributed by atoms with E-state index in [4.69, 9.17) is 4.74 Å². The van der Waals surface area contributed by atoms with Gasteiger partial charge in [0.1, 0.15) is 18.3 Å². The van der Waals surface area contributed by atoms with Crippen molar-refractivity contribution in [2.24, 2.45) is 0 Å². The van der Waals surface area contributed by atoms with Crippen LogP contribution in [-0.4, -0.2) is 57.1 Å². The van der Waals surface area contributed by atoms with E-state index in [-0.39, 0.29) is 23.0 Å². The van der Waals surface area contributed by atoms with Crippen molar-refractivity contribution in [3.05, 3.63) is 83.9 Å². The van der Waals surface area contributed by atoms with E-state index in [1.807, 2.05) is 58.2 Å². The number of thioether (sulfide) groups is 1. The standard InChI is InChI=1S/C32H41N3O5S2/c1-6-20-33-32(37)28(7-2)34(22-25-13-11-12-24(4)21-25)31(36)23-35(29-14-9-10-15-30(29)40-8-3)42(38,39)27-18-16-26(41-5)17-19-27/h9-19,21,28H,6-8,20,22-23H2,1-5H3,(H,33,37)/t28-/m1/s1. The van der Waals surface area contributed by atoms with E-state index in [9.17, 15) is 18.0 Å². The van der Waals surface area contributed by atoms with E-state index < -0.39 is 28.5 Å². The van der Waals surface area contributed by atoms with Gasteiger partial charge in [0.15, 0.2) is 0 Å². The van der Waals surface area contributed by atoms with Crippen LogP contribution in [-0.2, 0) is 26.2 Å². The Bertz CT molecular complexity index is 1440. The number of ether oxygens (including phenoxy) is 1. The van der Waals surface area contributed by atoms with Crippen LogP contribution in [0.25, 0.3) is 0 Å². The maximum absolute atomic E-state index is 14.2. The largest absolute Gasteiger partial charge is 0.492 e. The van der Waals surface area contributed by atoms with Crippen molar-refractivity contribution < 1.29 is 22.7 Å². The van der Waals surface area contributed by atoms with Crippen LogP contribution in [0.2, 0.25) is 0 Å². The van der Waals surface area contributed by atoms with Crippen molar-refractivity contribution in [2.75, 3.05) is 30.3 Å². The molecule has 0 bridgehead atoms. The molecular weight excluding hydrogens is 571 g/mol. The Morgan fingerprint density at radius 2 is 1.69 bits per heavy atom. The number of amides is 2. The number of sulfonamides is 1. The smallest absolute Gasteiger partial charge is 0.264 e. The number of benzene rings is 3. The molecule has 42 heavy (non-hydrogen) atoms. The van der Waals surface area contributed by atoms with Crippen molar-refractivity contribution in [3.63, 3.8) is 0 Å². The van der Waals surface area contributed by atoms with Gasteiger partial charge in [-0.3, -0.25) is 13.9 Å². The average molecular weight is 612 g/mol. The Morgan fingerprint density at radius 1 is 0.976 bits per heavy atom.